The van der Waals surface area contributed by atoms with E-state index in [4.69, 9.17) is 0 Å². The van der Waals surface area contributed by atoms with Gasteiger partial charge in [0.05, 0.1) is 0 Å². The highest BCUT2D eigenvalue weighted by atomic mass is 15.1. The summed E-state index contributed by atoms with van der Waals surface area (Å²) in [5.74, 6) is 0. The zero-order chi connectivity index (χ0) is 67.8. The van der Waals surface area contributed by atoms with Crippen LogP contribution in [0.2, 0.25) is 0 Å². The minimum atomic E-state index is 0.0844. The molecule has 24 rings (SSSR count). The van der Waals surface area contributed by atoms with Gasteiger partial charge >= 0.3 is 27.4 Å². The molecule has 0 N–H and O–H groups in total. The maximum atomic E-state index is 2.60. The fraction of sp³-hybridized carbons (Fsp3) is 0. The molecule has 0 saturated heterocycles. The summed E-state index contributed by atoms with van der Waals surface area (Å²) in [6.07, 6.45) is 0. The molecule has 8 heterocycles. The van der Waals surface area contributed by atoms with Gasteiger partial charge in [-0.3, -0.25) is 0 Å². The number of hydrogen-bond donors (Lipinski definition) is 0. The minimum Gasteiger partial charge on any atom is -0.376 e. The average Bonchev–Trinajstić information content (AvgIpc) is 0.712. The molecule has 8 aliphatic rings. The zero-order valence-electron chi connectivity index (χ0n) is 56.7. The van der Waals surface area contributed by atoms with E-state index in [0.29, 0.717) is 0 Å². The summed E-state index contributed by atoms with van der Waals surface area (Å²) < 4.78 is 0. The number of hydrogen-bond acceptors (Lipinski definition) is 4. The summed E-state index contributed by atoms with van der Waals surface area (Å²) in [4.78, 5) is 10.3. The first-order valence-corrected chi connectivity index (χ1v) is 36.5. The van der Waals surface area contributed by atoms with Crippen molar-refractivity contribution in [2.24, 2.45) is 0 Å². The summed E-state index contributed by atoms with van der Waals surface area (Å²) in [7, 11) is 0. The SMILES string of the molecule is c1ccc2c(c1)B1c3ccc(-c4ccc5c(c4)-c4ccccc4B4c6ccccc6-c6ccccc6N45)cc3-c3ccccc3N1c1ccccc1-2.c1ccc2c(c1)B1c3ccc(-c4cccc5c4-c4ccccc4B4c6ccccc6-c6ccccc6N45)cc3-c3ccccc3N1c1ccccc1-2. The first kappa shape index (κ1) is 57.7. The Labute approximate surface area is 607 Å². The van der Waals surface area contributed by atoms with Crippen LogP contribution < -0.4 is 62.9 Å². The fourth-order valence-electron chi connectivity index (χ4n) is 19.6. The first-order chi connectivity index (χ1) is 51.7. The highest BCUT2D eigenvalue weighted by molar-refractivity contribution is 6.95. The molecule has 0 bridgehead atoms. The number of rotatable bonds is 2. The van der Waals surface area contributed by atoms with Gasteiger partial charge < -0.3 is 19.2 Å². The predicted octanol–water partition coefficient (Wildman–Crippen LogP) is 18.3. The van der Waals surface area contributed by atoms with E-state index in [1.54, 1.807) is 0 Å². The van der Waals surface area contributed by atoms with Crippen molar-refractivity contribution in [2.75, 3.05) is 19.2 Å². The maximum Gasteiger partial charge on any atom is 0.329 e. The van der Waals surface area contributed by atoms with Crippen molar-refractivity contribution in [2.45, 2.75) is 0 Å². The van der Waals surface area contributed by atoms with Crippen molar-refractivity contribution in [3.8, 4) is 111 Å². The number of fused-ring (bicyclic) bond motifs is 44. The second-order valence-corrected chi connectivity index (χ2v) is 28.8. The van der Waals surface area contributed by atoms with Crippen LogP contribution in [-0.4, -0.2) is 27.4 Å². The number of para-hydroxylation sites is 6. The van der Waals surface area contributed by atoms with Crippen LogP contribution in [-0.2, 0) is 0 Å². The topological polar surface area (TPSA) is 13.0 Å². The Morgan fingerprint density at radius 3 is 0.731 bits per heavy atom. The van der Waals surface area contributed by atoms with Gasteiger partial charge in [-0.15, -0.1) is 0 Å². The standard InChI is InChI=1S/2C48H30B2N2/c1-7-21-40-34(15-1)36-17-5-11-25-45(36)52-47-27-13-20-32(48(47)38-19-3-9-23-42(38)49(40)52)31-28-29-43-39(30-31)37-18-6-12-26-46(37)51-44-24-10-4-16-35(44)33-14-2-8-22-41(33)50(43)51;1-7-19-41-33(13-1)37-17-5-11-23-46(37)52-48-28-26-32(30-40(48)35-15-3-9-21-43(35)49(41)52)31-25-27-44-39(29-31)38-18-6-12-24-47(38)51-45-22-10-4-16-36(45)34-14-2-8-20-42(34)50(44)51/h2*1-30H. The lowest BCUT2D eigenvalue weighted by Gasteiger charge is -2.44. The highest BCUT2D eigenvalue weighted by Crippen LogP contribution is 2.53. The van der Waals surface area contributed by atoms with Crippen LogP contribution in [0.15, 0.2) is 364 Å². The summed E-state index contributed by atoms with van der Waals surface area (Å²) >= 11 is 0. The molecule has 16 aromatic carbocycles. The molecule has 0 fully saturated rings. The third-order valence-corrected chi connectivity index (χ3v) is 23.7. The molecular weight excluding hydrogens is 1250 g/mol. The van der Waals surface area contributed by atoms with E-state index in [1.807, 2.05) is 0 Å². The molecule has 8 heteroatoms. The van der Waals surface area contributed by atoms with Gasteiger partial charge in [0.1, 0.15) is 0 Å². The van der Waals surface area contributed by atoms with Gasteiger partial charge in [0, 0.05) is 90.0 Å². The van der Waals surface area contributed by atoms with Gasteiger partial charge in [-0.25, -0.2) is 0 Å². The Hall–Kier alpha value is -13.0. The predicted molar refractivity (Wildman–Crippen MR) is 442 cm³/mol. The molecule has 0 radical (unpaired) electrons. The van der Waals surface area contributed by atoms with E-state index < -0.39 is 0 Å². The molecular formula is C96H60B4N4. The molecule has 476 valence electrons. The second kappa shape index (κ2) is 22.2. The van der Waals surface area contributed by atoms with Gasteiger partial charge in [-0.1, -0.05) is 297 Å². The van der Waals surface area contributed by atoms with Crippen LogP contribution in [0.1, 0.15) is 0 Å². The normalized spacial score (nSPS) is 13.6. The maximum absolute atomic E-state index is 2.60. The van der Waals surface area contributed by atoms with Gasteiger partial charge in [-0.2, -0.15) is 0 Å². The van der Waals surface area contributed by atoms with Gasteiger partial charge in [0.2, 0.25) is 0 Å². The Bertz CT molecular complexity index is 6190. The molecule has 8 aliphatic heterocycles. The third-order valence-electron chi connectivity index (χ3n) is 23.7. The summed E-state index contributed by atoms with van der Waals surface area (Å²) in [6, 6.07) is 136. The van der Waals surface area contributed by atoms with Crippen LogP contribution >= 0.6 is 0 Å². The number of benzene rings is 16. The number of anilines is 8. The van der Waals surface area contributed by atoms with Crippen LogP contribution in [0.5, 0.6) is 0 Å². The fourth-order valence-corrected chi connectivity index (χ4v) is 19.6. The minimum absolute atomic E-state index is 0.0844. The first-order valence-electron chi connectivity index (χ1n) is 36.5. The molecule has 0 saturated carbocycles. The number of nitrogens with zero attached hydrogens (tertiary/aromatic N) is 4. The van der Waals surface area contributed by atoms with E-state index >= 15 is 0 Å². The lowest BCUT2D eigenvalue weighted by atomic mass is 9.43. The molecule has 0 spiro atoms. The lowest BCUT2D eigenvalue weighted by Crippen LogP contribution is -2.59. The molecule has 0 aromatic heterocycles. The second-order valence-electron chi connectivity index (χ2n) is 28.8. The molecule has 4 nitrogen and oxygen atoms in total. The molecule has 0 amide bonds. The van der Waals surface area contributed by atoms with E-state index in [0.717, 1.165) is 0 Å². The average molecular weight is 1310 g/mol. The highest BCUT2D eigenvalue weighted by Gasteiger charge is 2.47. The summed E-state index contributed by atoms with van der Waals surface area (Å²) in [5.41, 5.74) is 46.7. The van der Waals surface area contributed by atoms with E-state index in [2.05, 4.69) is 383 Å². The Morgan fingerprint density at radius 2 is 0.356 bits per heavy atom. The van der Waals surface area contributed by atoms with Crippen molar-refractivity contribution < 1.29 is 0 Å². The smallest absolute Gasteiger partial charge is 0.329 e. The van der Waals surface area contributed by atoms with Crippen LogP contribution in [0.3, 0.4) is 0 Å². The van der Waals surface area contributed by atoms with Crippen molar-refractivity contribution in [1.82, 2.24) is 0 Å². The van der Waals surface area contributed by atoms with E-state index in [-0.39, 0.29) is 27.4 Å². The van der Waals surface area contributed by atoms with Gasteiger partial charge in [-0.05, 0) is 177 Å². The molecule has 0 aliphatic carbocycles. The monoisotopic (exact) mass is 1310 g/mol. The van der Waals surface area contributed by atoms with E-state index in [9.17, 15) is 0 Å². The van der Waals surface area contributed by atoms with Crippen molar-refractivity contribution in [3.63, 3.8) is 0 Å². The van der Waals surface area contributed by atoms with E-state index in [1.165, 1.54) is 200 Å². The molecule has 0 unspecified atom stereocenters. The van der Waals surface area contributed by atoms with Crippen molar-refractivity contribution in [3.05, 3.63) is 364 Å². The zero-order valence-corrected chi connectivity index (χ0v) is 56.7. The largest absolute Gasteiger partial charge is 0.376 e. The van der Waals surface area contributed by atoms with Crippen LogP contribution in [0.4, 0.5) is 45.5 Å². The summed E-state index contributed by atoms with van der Waals surface area (Å²) in [5, 5.41) is 0. The van der Waals surface area contributed by atoms with Gasteiger partial charge in [0.15, 0.2) is 0 Å². The third kappa shape index (κ3) is 8.08. The van der Waals surface area contributed by atoms with Crippen LogP contribution in [0.25, 0.3) is 111 Å². The molecule has 0 atom stereocenters. The summed E-state index contributed by atoms with van der Waals surface area (Å²) in [6.45, 7) is 0.397. The lowest BCUT2D eigenvalue weighted by molar-refractivity contribution is 1.34. The van der Waals surface area contributed by atoms with Crippen LogP contribution in [0, 0.1) is 0 Å². The van der Waals surface area contributed by atoms with Crippen molar-refractivity contribution >= 4 is 117 Å². The quantitative estimate of drug-likeness (QED) is 0.160. The Kier molecular flexibility index (Phi) is 12.3. The molecule has 104 heavy (non-hydrogen) atoms. The molecule has 16 aromatic rings. The Morgan fingerprint density at radius 1 is 0.135 bits per heavy atom. The Balaban J connectivity index is 0.000000127. The van der Waals surface area contributed by atoms with Gasteiger partial charge in [0.25, 0.3) is 0 Å². The van der Waals surface area contributed by atoms with Crippen molar-refractivity contribution in [1.29, 1.82) is 0 Å².